The van der Waals surface area contributed by atoms with Gasteiger partial charge in [-0.05, 0) is 49.8 Å². The number of nitrogens with zero attached hydrogens (tertiary/aromatic N) is 2. The van der Waals surface area contributed by atoms with E-state index in [9.17, 15) is 9.59 Å². The molecule has 3 heterocycles. The van der Waals surface area contributed by atoms with E-state index in [2.05, 4.69) is 35.1 Å². The lowest BCUT2D eigenvalue weighted by molar-refractivity contribution is -0.135. The third-order valence-corrected chi connectivity index (χ3v) is 6.47. The highest BCUT2D eigenvalue weighted by Crippen LogP contribution is 2.24. The van der Waals surface area contributed by atoms with Gasteiger partial charge in [-0.15, -0.1) is 0 Å². The zero-order valence-corrected chi connectivity index (χ0v) is 18.1. The number of piperidine rings is 1. The minimum Gasteiger partial charge on any atom is -0.459 e. The molecule has 2 unspecified atom stereocenters. The van der Waals surface area contributed by atoms with Gasteiger partial charge in [0.25, 0.3) is 5.91 Å². The lowest BCUT2D eigenvalue weighted by Crippen LogP contribution is -2.43. The first-order chi connectivity index (χ1) is 15.1. The number of hydrazine groups is 1. The van der Waals surface area contributed by atoms with E-state index in [1.54, 1.807) is 17.0 Å². The maximum atomic E-state index is 12.8. The van der Waals surface area contributed by atoms with Gasteiger partial charge in [-0.25, -0.2) is 0 Å². The van der Waals surface area contributed by atoms with Gasteiger partial charge in [0.1, 0.15) is 0 Å². The van der Waals surface area contributed by atoms with Gasteiger partial charge in [-0.3, -0.25) is 20.4 Å². The number of furan rings is 1. The van der Waals surface area contributed by atoms with Crippen LogP contribution in [0.5, 0.6) is 0 Å². The Balaban J connectivity index is 1.16. The monoisotopic (exact) mass is 424 g/mol. The maximum absolute atomic E-state index is 12.8. The third kappa shape index (κ3) is 5.35. The molecule has 1 aromatic heterocycles. The largest absolute Gasteiger partial charge is 0.459 e. The van der Waals surface area contributed by atoms with Gasteiger partial charge in [-0.2, -0.15) is 0 Å². The Bertz CT molecular complexity index is 847. The van der Waals surface area contributed by atoms with Crippen molar-refractivity contribution in [2.24, 2.45) is 5.92 Å². The number of likely N-dealkylation sites (tertiary alicyclic amines) is 1. The Kier molecular flexibility index (Phi) is 7.04. The lowest BCUT2D eigenvalue weighted by Gasteiger charge is -2.32. The number of amides is 2. The Hall–Kier alpha value is -2.64. The molecule has 0 bridgehead atoms. The summed E-state index contributed by atoms with van der Waals surface area (Å²) in [7, 11) is 1.90. The fourth-order valence-corrected chi connectivity index (χ4v) is 4.60. The van der Waals surface area contributed by atoms with E-state index in [4.69, 9.17) is 4.42 Å². The zero-order chi connectivity index (χ0) is 21.6. The molecule has 0 saturated carbocycles. The summed E-state index contributed by atoms with van der Waals surface area (Å²) in [4.78, 5) is 28.9. The van der Waals surface area contributed by atoms with Gasteiger partial charge < -0.3 is 14.2 Å². The van der Waals surface area contributed by atoms with E-state index in [-0.39, 0.29) is 17.7 Å². The maximum Gasteiger partial charge on any atom is 0.289 e. The van der Waals surface area contributed by atoms with Crippen LogP contribution >= 0.6 is 0 Å². The molecule has 2 atom stereocenters. The summed E-state index contributed by atoms with van der Waals surface area (Å²) in [6.07, 6.45) is 6.00. The molecule has 31 heavy (non-hydrogen) atoms. The highest BCUT2D eigenvalue weighted by Gasteiger charge is 2.30. The predicted octanol–water partition coefficient (Wildman–Crippen LogP) is 2.98. The van der Waals surface area contributed by atoms with Crippen LogP contribution < -0.4 is 10.9 Å². The first-order valence-corrected chi connectivity index (χ1v) is 11.3. The molecular formula is C24H32N4O3. The predicted molar refractivity (Wildman–Crippen MR) is 118 cm³/mol. The molecule has 0 spiro atoms. The average molecular weight is 425 g/mol. The molecule has 166 valence electrons. The molecule has 4 rings (SSSR count). The molecule has 2 fully saturated rings. The number of nitrogens with one attached hydrogen (secondary N) is 2. The molecule has 2 aliphatic rings. The van der Waals surface area contributed by atoms with Crippen LogP contribution in [0, 0.1) is 5.92 Å². The van der Waals surface area contributed by atoms with Crippen molar-refractivity contribution in [3.05, 3.63) is 60.1 Å². The highest BCUT2D eigenvalue weighted by atomic mass is 16.3. The molecule has 2 N–H and O–H groups in total. The zero-order valence-electron chi connectivity index (χ0n) is 18.1. The number of benzene rings is 1. The number of carbonyl (C=O) groups excluding carboxylic acids is 2. The third-order valence-electron chi connectivity index (χ3n) is 6.47. The van der Waals surface area contributed by atoms with Crippen LogP contribution in [0.2, 0.25) is 0 Å². The summed E-state index contributed by atoms with van der Waals surface area (Å²) < 4.78 is 5.20. The fraction of sp³-hybridized carbons (Fsp3) is 0.500. The van der Waals surface area contributed by atoms with Gasteiger partial charge in [0.2, 0.25) is 5.91 Å². The SMILES string of the molecule is CN(CCCC1CC(c2ccccc2)NN1)C(=O)C1CCN(C(=O)c2ccco2)CC1. The molecule has 2 aromatic rings. The Morgan fingerprint density at radius 3 is 2.58 bits per heavy atom. The molecule has 0 aliphatic carbocycles. The number of hydrogen-bond acceptors (Lipinski definition) is 5. The van der Waals surface area contributed by atoms with Gasteiger partial charge in [0, 0.05) is 44.7 Å². The van der Waals surface area contributed by atoms with Crippen LogP contribution in [-0.4, -0.2) is 54.3 Å². The topological polar surface area (TPSA) is 77.8 Å². The lowest BCUT2D eigenvalue weighted by atomic mass is 9.95. The molecule has 7 heteroatoms. The second-order valence-corrected chi connectivity index (χ2v) is 8.63. The Morgan fingerprint density at radius 1 is 1.10 bits per heavy atom. The van der Waals surface area contributed by atoms with Crippen molar-refractivity contribution < 1.29 is 14.0 Å². The van der Waals surface area contributed by atoms with Crippen LogP contribution in [-0.2, 0) is 4.79 Å². The van der Waals surface area contributed by atoms with Crippen molar-refractivity contribution in [2.45, 2.75) is 44.2 Å². The Morgan fingerprint density at radius 2 is 1.87 bits per heavy atom. The first kappa shape index (κ1) is 21.6. The molecule has 7 nitrogen and oxygen atoms in total. The van der Waals surface area contributed by atoms with Crippen LogP contribution in [0.4, 0.5) is 0 Å². The molecule has 2 amide bonds. The molecule has 2 saturated heterocycles. The van der Waals surface area contributed by atoms with Crippen molar-refractivity contribution in [3.8, 4) is 0 Å². The standard InChI is InChI=1S/C24H32N4O3/c1-27(13-5-9-20-17-21(26-25-20)18-7-3-2-4-8-18)23(29)19-11-14-28(15-12-19)24(30)22-10-6-16-31-22/h2-4,6-8,10,16,19-21,25-26H,5,9,11-15,17H2,1H3. The van der Waals surface area contributed by atoms with Gasteiger partial charge in [-0.1, -0.05) is 30.3 Å². The minimum absolute atomic E-state index is 0.000570. The van der Waals surface area contributed by atoms with E-state index in [1.165, 1.54) is 11.8 Å². The Labute approximate surface area is 183 Å². The van der Waals surface area contributed by atoms with Crippen molar-refractivity contribution >= 4 is 11.8 Å². The number of hydrogen-bond donors (Lipinski definition) is 2. The van der Waals surface area contributed by atoms with Crippen molar-refractivity contribution in [1.29, 1.82) is 0 Å². The molecule has 2 aliphatic heterocycles. The van der Waals surface area contributed by atoms with Crippen LogP contribution in [0.3, 0.4) is 0 Å². The quantitative estimate of drug-likeness (QED) is 0.715. The van der Waals surface area contributed by atoms with Crippen LogP contribution in [0.1, 0.15) is 54.3 Å². The van der Waals surface area contributed by atoms with E-state index in [0.29, 0.717) is 43.8 Å². The van der Waals surface area contributed by atoms with Crippen LogP contribution in [0.25, 0.3) is 0 Å². The normalized spacial score (nSPS) is 21.9. The molecule has 0 radical (unpaired) electrons. The highest BCUT2D eigenvalue weighted by molar-refractivity contribution is 5.91. The number of rotatable bonds is 7. The molecular weight excluding hydrogens is 392 g/mol. The summed E-state index contributed by atoms with van der Waals surface area (Å²) in [5.41, 5.74) is 8.10. The van der Waals surface area contributed by atoms with Crippen LogP contribution in [0.15, 0.2) is 53.1 Å². The van der Waals surface area contributed by atoms with Gasteiger partial charge in [0.15, 0.2) is 5.76 Å². The van der Waals surface area contributed by atoms with E-state index >= 15 is 0 Å². The summed E-state index contributed by atoms with van der Waals surface area (Å²) in [6, 6.07) is 14.7. The fourth-order valence-electron chi connectivity index (χ4n) is 4.60. The summed E-state index contributed by atoms with van der Waals surface area (Å²) in [5.74, 6) is 0.478. The van der Waals surface area contributed by atoms with E-state index in [0.717, 1.165) is 25.8 Å². The van der Waals surface area contributed by atoms with Crippen molar-refractivity contribution in [2.75, 3.05) is 26.7 Å². The molecule has 1 aromatic carbocycles. The summed E-state index contributed by atoms with van der Waals surface area (Å²) >= 11 is 0. The van der Waals surface area contributed by atoms with E-state index in [1.807, 2.05) is 18.0 Å². The van der Waals surface area contributed by atoms with Gasteiger partial charge in [0.05, 0.1) is 6.26 Å². The second kappa shape index (κ2) is 10.1. The number of carbonyl (C=O) groups is 2. The smallest absolute Gasteiger partial charge is 0.289 e. The average Bonchev–Trinajstić information content (AvgIpc) is 3.51. The summed E-state index contributed by atoms with van der Waals surface area (Å²) in [6.45, 7) is 1.96. The first-order valence-electron chi connectivity index (χ1n) is 11.3. The second-order valence-electron chi connectivity index (χ2n) is 8.63. The minimum atomic E-state index is -0.0873. The summed E-state index contributed by atoms with van der Waals surface area (Å²) in [5, 5.41) is 0. The van der Waals surface area contributed by atoms with Crippen molar-refractivity contribution in [1.82, 2.24) is 20.7 Å². The van der Waals surface area contributed by atoms with Gasteiger partial charge >= 0.3 is 0 Å². The van der Waals surface area contributed by atoms with E-state index < -0.39 is 0 Å². The van der Waals surface area contributed by atoms with Crippen molar-refractivity contribution in [3.63, 3.8) is 0 Å².